The summed E-state index contributed by atoms with van der Waals surface area (Å²) in [4.78, 5) is 11.5. The van der Waals surface area contributed by atoms with Crippen molar-refractivity contribution < 1.29 is 23.4 Å². The SMILES string of the molecule is CCc1cc(C)c(F)cc1OCc1c(CC)cccc1OC(=O)OC. The van der Waals surface area contributed by atoms with Crippen LogP contribution in [0.1, 0.15) is 36.1 Å². The molecule has 0 bridgehead atoms. The minimum atomic E-state index is -0.787. The molecule has 0 aliphatic carbocycles. The molecule has 0 aliphatic rings. The highest BCUT2D eigenvalue weighted by Crippen LogP contribution is 2.28. The standard InChI is InChI=1S/C20H23FO4/c1-5-14-8-7-9-18(25-20(22)23-4)16(14)12-24-19-11-17(21)13(3)10-15(19)6-2/h7-11H,5-6,12H2,1-4H3. The Kier molecular flexibility index (Phi) is 6.39. The van der Waals surface area contributed by atoms with E-state index in [9.17, 15) is 9.18 Å². The monoisotopic (exact) mass is 346 g/mol. The molecule has 0 atom stereocenters. The Morgan fingerprint density at radius 1 is 1.08 bits per heavy atom. The number of hydrogen-bond acceptors (Lipinski definition) is 4. The van der Waals surface area contributed by atoms with Crippen molar-refractivity contribution in [1.82, 2.24) is 0 Å². The lowest BCUT2D eigenvalue weighted by Crippen LogP contribution is -2.11. The summed E-state index contributed by atoms with van der Waals surface area (Å²) in [6.07, 6.45) is 0.697. The van der Waals surface area contributed by atoms with Gasteiger partial charge in [-0.1, -0.05) is 26.0 Å². The number of benzene rings is 2. The van der Waals surface area contributed by atoms with Crippen LogP contribution in [0.2, 0.25) is 0 Å². The fraction of sp³-hybridized carbons (Fsp3) is 0.350. The second-order valence-electron chi connectivity index (χ2n) is 5.65. The normalized spacial score (nSPS) is 10.4. The Hall–Kier alpha value is -2.56. The van der Waals surface area contributed by atoms with E-state index in [0.29, 0.717) is 17.1 Å². The van der Waals surface area contributed by atoms with Gasteiger partial charge in [0.25, 0.3) is 0 Å². The smallest absolute Gasteiger partial charge is 0.488 e. The van der Waals surface area contributed by atoms with E-state index in [1.807, 2.05) is 26.0 Å². The van der Waals surface area contributed by atoms with Gasteiger partial charge in [0.2, 0.25) is 0 Å². The molecule has 0 aliphatic heterocycles. The van der Waals surface area contributed by atoms with Crippen molar-refractivity contribution in [2.24, 2.45) is 0 Å². The van der Waals surface area contributed by atoms with E-state index < -0.39 is 6.16 Å². The summed E-state index contributed by atoms with van der Waals surface area (Å²) in [6.45, 7) is 5.90. The van der Waals surface area contributed by atoms with Gasteiger partial charge in [0.1, 0.15) is 23.9 Å². The number of carbonyl (C=O) groups is 1. The summed E-state index contributed by atoms with van der Waals surface area (Å²) in [5.41, 5.74) is 3.27. The molecular formula is C20H23FO4. The summed E-state index contributed by atoms with van der Waals surface area (Å²) < 4.78 is 29.5. The van der Waals surface area contributed by atoms with Crippen LogP contribution in [0.4, 0.5) is 9.18 Å². The van der Waals surface area contributed by atoms with Gasteiger partial charge in [-0.2, -0.15) is 0 Å². The van der Waals surface area contributed by atoms with E-state index in [4.69, 9.17) is 9.47 Å². The second kappa shape index (κ2) is 8.51. The quantitative estimate of drug-likeness (QED) is 0.546. The van der Waals surface area contributed by atoms with Gasteiger partial charge in [0.05, 0.1) is 7.11 Å². The average Bonchev–Trinajstić information content (AvgIpc) is 2.62. The van der Waals surface area contributed by atoms with Gasteiger partial charge in [0.15, 0.2) is 0 Å². The molecule has 2 rings (SSSR count). The summed E-state index contributed by atoms with van der Waals surface area (Å²) in [6, 6.07) is 8.64. The lowest BCUT2D eigenvalue weighted by atomic mass is 10.0. The highest BCUT2D eigenvalue weighted by Gasteiger charge is 2.15. The molecule has 2 aromatic rings. The first-order valence-corrected chi connectivity index (χ1v) is 8.28. The van der Waals surface area contributed by atoms with Gasteiger partial charge in [-0.15, -0.1) is 0 Å². The summed E-state index contributed by atoms with van der Waals surface area (Å²) in [5.74, 6) is 0.583. The van der Waals surface area contributed by atoms with Gasteiger partial charge in [-0.05, 0) is 48.6 Å². The summed E-state index contributed by atoms with van der Waals surface area (Å²) in [7, 11) is 1.25. The van der Waals surface area contributed by atoms with Gasteiger partial charge >= 0.3 is 6.16 Å². The van der Waals surface area contributed by atoms with E-state index in [-0.39, 0.29) is 12.4 Å². The van der Waals surface area contributed by atoms with Crippen molar-refractivity contribution in [1.29, 1.82) is 0 Å². The zero-order chi connectivity index (χ0) is 18.4. The molecule has 0 unspecified atom stereocenters. The van der Waals surface area contributed by atoms with Crippen LogP contribution in [0.25, 0.3) is 0 Å². The van der Waals surface area contributed by atoms with Crippen molar-refractivity contribution in [3.05, 3.63) is 58.4 Å². The van der Waals surface area contributed by atoms with Crippen molar-refractivity contribution in [3.63, 3.8) is 0 Å². The highest BCUT2D eigenvalue weighted by molar-refractivity contribution is 5.64. The predicted molar refractivity (Wildman–Crippen MR) is 93.7 cm³/mol. The maximum absolute atomic E-state index is 13.9. The summed E-state index contributed by atoms with van der Waals surface area (Å²) in [5, 5.41) is 0. The number of carbonyl (C=O) groups excluding carboxylic acids is 1. The van der Waals surface area contributed by atoms with Crippen molar-refractivity contribution in [2.75, 3.05) is 7.11 Å². The predicted octanol–water partition coefficient (Wildman–Crippen LogP) is 4.98. The number of ether oxygens (including phenoxy) is 3. The molecule has 0 spiro atoms. The molecule has 0 saturated heterocycles. The lowest BCUT2D eigenvalue weighted by Gasteiger charge is -2.16. The minimum absolute atomic E-state index is 0.172. The maximum atomic E-state index is 13.9. The van der Waals surface area contributed by atoms with Crippen molar-refractivity contribution >= 4 is 6.16 Å². The first-order valence-electron chi connectivity index (χ1n) is 8.28. The van der Waals surface area contributed by atoms with E-state index in [1.165, 1.54) is 13.2 Å². The Morgan fingerprint density at radius 2 is 1.80 bits per heavy atom. The zero-order valence-corrected chi connectivity index (χ0v) is 15.0. The van der Waals surface area contributed by atoms with Crippen LogP contribution in [0.5, 0.6) is 11.5 Å². The second-order valence-corrected chi connectivity index (χ2v) is 5.65. The molecule has 0 heterocycles. The number of halogens is 1. The Labute approximate surface area is 147 Å². The third-order valence-corrected chi connectivity index (χ3v) is 4.07. The Morgan fingerprint density at radius 3 is 2.44 bits per heavy atom. The molecule has 5 heteroatoms. The number of hydrogen-bond donors (Lipinski definition) is 0. The van der Waals surface area contributed by atoms with Crippen LogP contribution in [0.3, 0.4) is 0 Å². The number of aryl methyl sites for hydroxylation is 3. The van der Waals surface area contributed by atoms with Crippen LogP contribution < -0.4 is 9.47 Å². The number of rotatable bonds is 6. The summed E-state index contributed by atoms with van der Waals surface area (Å²) >= 11 is 0. The van der Waals surface area contributed by atoms with Gasteiger partial charge in [0, 0.05) is 11.6 Å². The Balaban J connectivity index is 2.31. The molecular weight excluding hydrogens is 323 g/mol. The molecule has 0 fully saturated rings. The molecule has 4 nitrogen and oxygen atoms in total. The van der Waals surface area contributed by atoms with Gasteiger partial charge in [-0.25, -0.2) is 9.18 Å². The molecule has 25 heavy (non-hydrogen) atoms. The largest absolute Gasteiger partial charge is 0.513 e. The molecule has 0 radical (unpaired) electrons. The molecule has 0 amide bonds. The van der Waals surface area contributed by atoms with Crippen molar-refractivity contribution in [3.8, 4) is 11.5 Å². The fourth-order valence-electron chi connectivity index (χ4n) is 2.62. The number of methoxy groups -OCH3 is 1. The Bertz CT molecular complexity index is 756. The molecule has 0 N–H and O–H groups in total. The highest BCUT2D eigenvalue weighted by atomic mass is 19.1. The van der Waals surface area contributed by atoms with E-state index in [1.54, 1.807) is 19.1 Å². The van der Waals surface area contributed by atoms with E-state index in [0.717, 1.165) is 29.5 Å². The molecule has 0 saturated carbocycles. The molecule has 2 aromatic carbocycles. The maximum Gasteiger partial charge on any atom is 0.513 e. The third kappa shape index (κ3) is 4.50. The average molecular weight is 346 g/mol. The van der Waals surface area contributed by atoms with E-state index >= 15 is 0 Å². The van der Waals surface area contributed by atoms with Crippen LogP contribution in [0, 0.1) is 12.7 Å². The third-order valence-electron chi connectivity index (χ3n) is 4.07. The van der Waals surface area contributed by atoms with Crippen LogP contribution >= 0.6 is 0 Å². The first-order chi connectivity index (χ1) is 12.0. The fourth-order valence-corrected chi connectivity index (χ4v) is 2.62. The first kappa shape index (κ1) is 18.8. The van der Waals surface area contributed by atoms with Crippen LogP contribution in [-0.2, 0) is 24.2 Å². The van der Waals surface area contributed by atoms with Crippen LogP contribution in [-0.4, -0.2) is 13.3 Å². The van der Waals surface area contributed by atoms with Crippen molar-refractivity contribution in [2.45, 2.75) is 40.2 Å². The van der Waals surface area contributed by atoms with Gasteiger partial charge in [-0.3, -0.25) is 0 Å². The van der Waals surface area contributed by atoms with Crippen LogP contribution in [0.15, 0.2) is 30.3 Å². The molecule has 0 aromatic heterocycles. The minimum Gasteiger partial charge on any atom is -0.488 e. The van der Waals surface area contributed by atoms with Gasteiger partial charge < -0.3 is 14.2 Å². The topological polar surface area (TPSA) is 44.8 Å². The zero-order valence-electron chi connectivity index (χ0n) is 15.0. The molecule has 134 valence electrons. The lowest BCUT2D eigenvalue weighted by molar-refractivity contribution is 0.120. The van der Waals surface area contributed by atoms with E-state index in [2.05, 4.69) is 4.74 Å².